The van der Waals surface area contributed by atoms with Crippen LogP contribution in [0.25, 0.3) is 0 Å². The van der Waals surface area contributed by atoms with E-state index in [9.17, 15) is 8.42 Å². The Balaban J connectivity index is 4.77. The summed E-state index contributed by atoms with van der Waals surface area (Å²) in [6, 6.07) is 0. The summed E-state index contributed by atoms with van der Waals surface area (Å²) >= 11 is 5.75. The first-order valence-corrected chi connectivity index (χ1v) is 9.67. The van der Waals surface area contributed by atoms with Crippen molar-refractivity contribution in [2.75, 3.05) is 44.4 Å². The normalized spacial score (nSPS) is 14.4. The lowest BCUT2D eigenvalue weighted by Crippen LogP contribution is -2.42. The minimum Gasteiger partial charge on any atom is -0.303 e. The molecule has 0 aliphatic carbocycles. The van der Waals surface area contributed by atoms with Crippen molar-refractivity contribution in [2.24, 2.45) is 11.8 Å². The van der Waals surface area contributed by atoms with Gasteiger partial charge in [-0.3, -0.25) is 0 Å². The molecular weight excluding hydrogens is 296 g/mol. The van der Waals surface area contributed by atoms with Gasteiger partial charge in [0.15, 0.2) is 0 Å². The van der Waals surface area contributed by atoms with E-state index < -0.39 is 10.0 Å². The molecule has 0 aliphatic heterocycles. The minimum absolute atomic E-state index is 0.00946. The number of hydrogen-bond donors (Lipinski definition) is 0. The van der Waals surface area contributed by atoms with Crippen molar-refractivity contribution in [3.63, 3.8) is 0 Å². The van der Waals surface area contributed by atoms with Gasteiger partial charge < -0.3 is 4.90 Å². The molecule has 4 nitrogen and oxygen atoms in total. The molecule has 1 atom stereocenters. The van der Waals surface area contributed by atoms with Crippen molar-refractivity contribution in [3.8, 4) is 0 Å². The third-order valence-corrected chi connectivity index (χ3v) is 5.92. The molecule has 0 aromatic rings. The van der Waals surface area contributed by atoms with Crippen LogP contribution in [0.1, 0.15) is 34.6 Å². The summed E-state index contributed by atoms with van der Waals surface area (Å²) < 4.78 is 26.6. The second kappa shape index (κ2) is 9.98. The smallest absolute Gasteiger partial charge is 0.214 e. The molecule has 0 N–H and O–H groups in total. The molecule has 6 heteroatoms. The SMILES string of the molecule is CCN(CC)CCN(CC(C)C)S(=O)(=O)CC(C)CCl. The highest BCUT2D eigenvalue weighted by molar-refractivity contribution is 7.89. The molecule has 0 heterocycles. The first-order valence-electron chi connectivity index (χ1n) is 7.52. The summed E-state index contributed by atoms with van der Waals surface area (Å²) in [5, 5.41) is 0. The number of rotatable bonds is 11. The molecule has 0 radical (unpaired) electrons. The fraction of sp³-hybridized carbons (Fsp3) is 1.00. The Kier molecular flexibility index (Phi) is 10.1. The van der Waals surface area contributed by atoms with Crippen LogP contribution in [0, 0.1) is 11.8 Å². The molecule has 0 spiro atoms. The van der Waals surface area contributed by atoms with E-state index in [1.54, 1.807) is 4.31 Å². The van der Waals surface area contributed by atoms with Crippen molar-refractivity contribution in [3.05, 3.63) is 0 Å². The van der Waals surface area contributed by atoms with Gasteiger partial charge in [-0.2, -0.15) is 0 Å². The number of sulfonamides is 1. The van der Waals surface area contributed by atoms with Gasteiger partial charge in [-0.15, -0.1) is 11.6 Å². The molecule has 0 rings (SSSR count). The van der Waals surface area contributed by atoms with E-state index in [1.807, 2.05) is 20.8 Å². The fourth-order valence-electron chi connectivity index (χ4n) is 2.05. The number of nitrogens with zero attached hydrogens (tertiary/aromatic N) is 2. The molecule has 1 unspecified atom stereocenters. The van der Waals surface area contributed by atoms with Crippen LogP contribution in [-0.2, 0) is 10.0 Å². The lowest BCUT2D eigenvalue weighted by atomic mass is 10.2. The van der Waals surface area contributed by atoms with Gasteiger partial charge >= 0.3 is 0 Å². The Hall–Kier alpha value is 0.160. The van der Waals surface area contributed by atoms with Crippen LogP contribution in [-0.4, -0.2) is 62.0 Å². The topological polar surface area (TPSA) is 40.6 Å². The van der Waals surface area contributed by atoms with Crippen molar-refractivity contribution < 1.29 is 8.42 Å². The highest BCUT2D eigenvalue weighted by atomic mass is 35.5. The van der Waals surface area contributed by atoms with Gasteiger partial charge in [-0.25, -0.2) is 12.7 Å². The van der Waals surface area contributed by atoms with Gasteiger partial charge in [0.25, 0.3) is 0 Å². The monoisotopic (exact) mass is 326 g/mol. The van der Waals surface area contributed by atoms with E-state index in [2.05, 4.69) is 18.7 Å². The predicted molar refractivity (Wildman–Crippen MR) is 87.9 cm³/mol. The zero-order valence-electron chi connectivity index (χ0n) is 13.6. The van der Waals surface area contributed by atoms with Gasteiger partial charge in [0.1, 0.15) is 0 Å². The standard InChI is InChI=1S/C14H31ClN2O2S/c1-6-16(7-2)8-9-17(11-13(3)4)20(18,19)12-14(5)10-15/h13-14H,6-12H2,1-5H3. The Morgan fingerprint density at radius 3 is 2.00 bits per heavy atom. The summed E-state index contributed by atoms with van der Waals surface area (Å²) in [6.07, 6.45) is 0. The predicted octanol–water partition coefficient (Wildman–Crippen LogP) is 2.49. The molecule has 0 amide bonds. The van der Waals surface area contributed by atoms with E-state index >= 15 is 0 Å². The van der Waals surface area contributed by atoms with Crippen molar-refractivity contribution >= 4 is 21.6 Å². The first-order chi connectivity index (χ1) is 9.26. The molecule has 0 saturated carbocycles. The van der Waals surface area contributed by atoms with Crippen LogP contribution in [0.5, 0.6) is 0 Å². The number of alkyl halides is 1. The summed E-state index contributed by atoms with van der Waals surface area (Å²) in [5.74, 6) is 0.837. The first kappa shape index (κ1) is 20.2. The third kappa shape index (κ3) is 7.81. The van der Waals surface area contributed by atoms with Gasteiger partial charge in [-0.1, -0.05) is 34.6 Å². The van der Waals surface area contributed by atoms with Crippen LogP contribution < -0.4 is 0 Å². The number of hydrogen-bond acceptors (Lipinski definition) is 3. The quantitative estimate of drug-likeness (QED) is 0.548. The summed E-state index contributed by atoms with van der Waals surface area (Å²) in [7, 11) is -3.22. The van der Waals surface area contributed by atoms with E-state index in [4.69, 9.17) is 11.6 Å². The molecule has 0 saturated heterocycles. The number of halogens is 1. The highest BCUT2D eigenvalue weighted by Crippen LogP contribution is 2.12. The molecular formula is C14H31ClN2O2S. The second-order valence-electron chi connectivity index (χ2n) is 5.82. The average molecular weight is 327 g/mol. The van der Waals surface area contributed by atoms with Crippen LogP contribution >= 0.6 is 11.6 Å². The van der Waals surface area contributed by atoms with Crippen molar-refractivity contribution in [1.29, 1.82) is 0 Å². The maximum Gasteiger partial charge on any atom is 0.214 e. The third-order valence-electron chi connectivity index (χ3n) is 3.28. The molecule has 122 valence electrons. The Morgan fingerprint density at radius 2 is 1.60 bits per heavy atom. The average Bonchev–Trinajstić information content (AvgIpc) is 2.37. The minimum atomic E-state index is -3.22. The molecule has 20 heavy (non-hydrogen) atoms. The van der Waals surface area contributed by atoms with E-state index in [0.717, 1.165) is 19.6 Å². The lowest BCUT2D eigenvalue weighted by molar-refractivity contribution is 0.261. The Morgan fingerprint density at radius 1 is 1.05 bits per heavy atom. The van der Waals surface area contributed by atoms with Crippen LogP contribution in [0.2, 0.25) is 0 Å². The van der Waals surface area contributed by atoms with Crippen LogP contribution in [0.3, 0.4) is 0 Å². The van der Waals surface area contributed by atoms with Gasteiger partial charge in [0, 0.05) is 25.5 Å². The summed E-state index contributed by atoms with van der Waals surface area (Å²) in [5.41, 5.74) is 0. The molecule has 0 aliphatic rings. The Bertz CT molecular complexity index is 343. The van der Waals surface area contributed by atoms with Crippen LogP contribution in [0.4, 0.5) is 0 Å². The molecule has 0 aromatic heterocycles. The fourth-order valence-corrected chi connectivity index (χ4v) is 4.22. The Labute approximate surface area is 130 Å². The summed E-state index contributed by atoms with van der Waals surface area (Å²) in [4.78, 5) is 2.24. The maximum absolute atomic E-state index is 12.5. The van der Waals surface area contributed by atoms with Crippen molar-refractivity contribution in [2.45, 2.75) is 34.6 Å². The van der Waals surface area contributed by atoms with E-state index in [1.165, 1.54) is 0 Å². The molecule has 0 fully saturated rings. The number of likely N-dealkylation sites (N-methyl/N-ethyl adjacent to an activating group) is 1. The molecule has 0 aromatic carbocycles. The summed E-state index contributed by atoms with van der Waals surface area (Å²) in [6.45, 7) is 14.0. The largest absolute Gasteiger partial charge is 0.303 e. The van der Waals surface area contributed by atoms with Gasteiger partial charge in [0.2, 0.25) is 10.0 Å². The van der Waals surface area contributed by atoms with E-state index in [-0.39, 0.29) is 11.7 Å². The lowest BCUT2D eigenvalue weighted by Gasteiger charge is -2.28. The molecule has 0 bridgehead atoms. The van der Waals surface area contributed by atoms with Gasteiger partial charge in [0.05, 0.1) is 5.75 Å². The zero-order valence-corrected chi connectivity index (χ0v) is 15.2. The maximum atomic E-state index is 12.5. The second-order valence-corrected chi connectivity index (χ2v) is 8.14. The van der Waals surface area contributed by atoms with Gasteiger partial charge in [-0.05, 0) is 24.9 Å². The van der Waals surface area contributed by atoms with Crippen molar-refractivity contribution in [1.82, 2.24) is 9.21 Å². The van der Waals surface area contributed by atoms with E-state index in [0.29, 0.717) is 24.9 Å². The van der Waals surface area contributed by atoms with Crippen LogP contribution in [0.15, 0.2) is 0 Å². The highest BCUT2D eigenvalue weighted by Gasteiger charge is 2.25. The zero-order chi connectivity index (χ0) is 15.8.